The van der Waals surface area contributed by atoms with Crippen molar-refractivity contribution in [3.05, 3.63) is 29.3 Å². The van der Waals surface area contributed by atoms with Gasteiger partial charge in [-0.3, -0.25) is 0 Å². The van der Waals surface area contributed by atoms with Crippen molar-refractivity contribution in [1.82, 2.24) is 0 Å². The second-order valence-corrected chi connectivity index (χ2v) is 4.15. The Morgan fingerprint density at radius 2 is 1.89 bits per heavy atom. The summed E-state index contributed by atoms with van der Waals surface area (Å²) in [6, 6.07) is 3.90. The first-order chi connectivity index (χ1) is 8.93. The molecule has 0 heterocycles. The van der Waals surface area contributed by atoms with Crippen molar-refractivity contribution in [1.29, 1.82) is 0 Å². The van der Waals surface area contributed by atoms with E-state index in [0.717, 1.165) is 6.07 Å². The Kier molecular flexibility index (Phi) is 5.62. The highest BCUT2D eigenvalue weighted by atomic mass is 19.4. The Morgan fingerprint density at radius 1 is 1.21 bits per heavy atom. The highest BCUT2D eigenvalue weighted by Gasteiger charge is 2.33. The molecule has 19 heavy (non-hydrogen) atoms. The van der Waals surface area contributed by atoms with Gasteiger partial charge in [-0.1, -0.05) is 6.07 Å². The lowest BCUT2D eigenvalue weighted by Crippen LogP contribution is -2.25. The molecule has 0 atom stereocenters. The average molecular weight is 277 g/mol. The molecular formula is C13H18F3NO2. The quantitative estimate of drug-likeness (QED) is 0.839. The molecule has 0 aromatic heterocycles. The molecule has 0 spiro atoms. The van der Waals surface area contributed by atoms with Crippen LogP contribution < -0.4 is 4.90 Å². The summed E-state index contributed by atoms with van der Waals surface area (Å²) in [6.45, 7) is 2.23. The fourth-order valence-corrected chi connectivity index (χ4v) is 1.89. The normalized spacial score (nSPS) is 11.7. The maximum absolute atomic E-state index is 12.9. The van der Waals surface area contributed by atoms with Gasteiger partial charge in [0, 0.05) is 25.4 Å². The Morgan fingerprint density at radius 3 is 2.37 bits per heavy atom. The van der Waals surface area contributed by atoms with Crippen molar-refractivity contribution in [2.45, 2.75) is 26.1 Å². The van der Waals surface area contributed by atoms with E-state index in [-0.39, 0.29) is 12.2 Å². The summed E-state index contributed by atoms with van der Waals surface area (Å²) in [4.78, 5) is 1.76. The summed E-state index contributed by atoms with van der Waals surface area (Å²) in [7, 11) is 0. The molecule has 0 unspecified atom stereocenters. The Hall–Kier alpha value is -1.27. The van der Waals surface area contributed by atoms with E-state index in [1.165, 1.54) is 6.07 Å². The lowest BCUT2D eigenvalue weighted by atomic mass is 10.1. The van der Waals surface area contributed by atoms with Gasteiger partial charge in [0.15, 0.2) is 0 Å². The van der Waals surface area contributed by atoms with Gasteiger partial charge in [0.05, 0.1) is 12.2 Å². The number of rotatable bonds is 6. The summed E-state index contributed by atoms with van der Waals surface area (Å²) in [5.74, 6) is 0. The average Bonchev–Trinajstić information content (AvgIpc) is 2.38. The summed E-state index contributed by atoms with van der Waals surface area (Å²) in [5, 5.41) is 17.7. The summed E-state index contributed by atoms with van der Waals surface area (Å²) in [5.41, 5.74) is -0.495. The van der Waals surface area contributed by atoms with Crippen LogP contribution in [0.5, 0.6) is 0 Å². The van der Waals surface area contributed by atoms with Gasteiger partial charge in [0.2, 0.25) is 0 Å². The van der Waals surface area contributed by atoms with Gasteiger partial charge in [-0.05, 0) is 31.0 Å². The van der Waals surface area contributed by atoms with E-state index in [4.69, 9.17) is 10.2 Å². The molecule has 0 saturated carbocycles. The molecule has 1 aromatic carbocycles. The van der Waals surface area contributed by atoms with Crippen molar-refractivity contribution in [3.63, 3.8) is 0 Å². The van der Waals surface area contributed by atoms with Crippen LogP contribution in [0.15, 0.2) is 18.2 Å². The number of anilines is 1. The van der Waals surface area contributed by atoms with E-state index in [2.05, 4.69) is 0 Å². The number of alkyl halides is 3. The number of hydrogen-bond donors (Lipinski definition) is 2. The van der Waals surface area contributed by atoms with Crippen LogP contribution in [0, 0.1) is 0 Å². The molecule has 0 aliphatic heterocycles. The van der Waals surface area contributed by atoms with Crippen LogP contribution in [0.2, 0.25) is 0 Å². The predicted octanol–water partition coefficient (Wildman–Crippen LogP) is 2.41. The first-order valence-corrected chi connectivity index (χ1v) is 6.10. The number of halogens is 3. The molecule has 3 nitrogen and oxygen atoms in total. The van der Waals surface area contributed by atoms with Gasteiger partial charge in [0.1, 0.15) is 0 Å². The van der Waals surface area contributed by atoms with Crippen LogP contribution in [-0.4, -0.2) is 29.9 Å². The van der Waals surface area contributed by atoms with Crippen molar-refractivity contribution in [3.8, 4) is 0 Å². The second-order valence-electron chi connectivity index (χ2n) is 4.15. The summed E-state index contributed by atoms with van der Waals surface area (Å²) >= 11 is 0. The molecule has 0 radical (unpaired) electrons. The largest absolute Gasteiger partial charge is 0.416 e. The van der Waals surface area contributed by atoms with Crippen molar-refractivity contribution < 1.29 is 23.4 Å². The Labute approximate surface area is 110 Å². The number of benzene rings is 1. The molecule has 1 rings (SSSR count). The molecule has 0 amide bonds. The predicted molar refractivity (Wildman–Crippen MR) is 67.0 cm³/mol. The van der Waals surface area contributed by atoms with Gasteiger partial charge in [0.25, 0.3) is 0 Å². The zero-order valence-electron chi connectivity index (χ0n) is 10.7. The topological polar surface area (TPSA) is 43.7 Å². The van der Waals surface area contributed by atoms with Gasteiger partial charge < -0.3 is 15.1 Å². The van der Waals surface area contributed by atoms with Crippen LogP contribution in [0.4, 0.5) is 18.9 Å². The van der Waals surface area contributed by atoms with Crippen molar-refractivity contribution >= 4 is 5.69 Å². The van der Waals surface area contributed by atoms with Crippen LogP contribution >= 0.6 is 0 Å². The zero-order valence-corrected chi connectivity index (χ0v) is 10.7. The fraction of sp³-hybridized carbons (Fsp3) is 0.538. The number of hydrogen-bond acceptors (Lipinski definition) is 3. The lowest BCUT2D eigenvalue weighted by Gasteiger charge is -2.24. The zero-order chi connectivity index (χ0) is 14.5. The van der Waals surface area contributed by atoms with Crippen molar-refractivity contribution in [2.24, 2.45) is 0 Å². The van der Waals surface area contributed by atoms with Gasteiger partial charge in [-0.25, -0.2) is 0 Å². The first-order valence-electron chi connectivity index (χ1n) is 6.10. The molecular weight excluding hydrogens is 259 g/mol. The molecule has 0 aliphatic carbocycles. The molecule has 0 aliphatic rings. The van der Waals surface area contributed by atoms with Crippen LogP contribution in [0.3, 0.4) is 0 Å². The minimum atomic E-state index is -4.48. The highest BCUT2D eigenvalue weighted by molar-refractivity contribution is 5.51. The van der Waals surface area contributed by atoms with Gasteiger partial charge in [-0.2, -0.15) is 13.2 Å². The van der Waals surface area contributed by atoms with Crippen molar-refractivity contribution in [2.75, 3.05) is 24.6 Å². The molecule has 0 fully saturated rings. The number of nitrogens with zero attached hydrogens (tertiary/aromatic N) is 1. The fourth-order valence-electron chi connectivity index (χ4n) is 1.89. The Bertz CT molecular complexity index is 407. The monoisotopic (exact) mass is 277 g/mol. The standard InChI is InChI=1S/C13H18F3NO2/c1-2-17(6-3-7-18)11-5-4-10(9-19)12(8-11)13(14,15)16/h4-5,8,18-19H,2-3,6-7,9H2,1H3. The summed E-state index contributed by atoms with van der Waals surface area (Å²) < 4.78 is 38.6. The van der Waals surface area contributed by atoms with E-state index in [9.17, 15) is 13.2 Å². The number of aliphatic hydroxyl groups excluding tert-OH is 2. The highest BCUT2D eigenvalue weighted by Crippen LogP contribution is 2.34. The SMILES string of the molecule is CCN(CCCO)c1ccc(CO)c(C(F)(F)F)c1. The maximum Gasteiger partial charge on any atom is 0.416 e. The summed E-state index contributed by atoms with van der Waals surface area (Å²) in [6.07, 6.45) is -3.98. The van der Waals surface area contributed by atoms with E-state index in [0.29, 0.717) is 25.2 Å². The minimum absolute atomic E-state index is 0.00263. The maximum atomic E-state index is 12.9. The van der Waals surface area contributed by atoms with Crippen LogP contribution in [0.1, 0.15) is 24.5 Å². The van der Waals surface area contributed by atoms with Gasteiger partial charge >= 0.3 is 6.18 Å². The molecule has 1 aromatic rings. The van der Waals surface area contributed by atoms with E-state index >= 15 is 0 Å². The third-order valence-electron chi connectivity index (χ3n) is 2.90. The molecule has 6 heteroatoms. The third-order valence-corrected chi connectivity index (χ3v) is 2.90. The lowest BCUT2D eigenvalue weighted by molar-refractivity contribution is -0.138. The second kappa shape index (κ2) is 6.77. The minimum Gasteiger partial charge on any atom is -0.396 e. The van der Waals surface area contributed by atoms with E-state index < -0.39 is 18.3 Å². The molecule has 108 valence electrons. The molecule has 0 saturated heterocycles. The Balaban J connectivity index is 3.09. The third kappa shape index (κ3) is 4.11. The van der Waals surface area contributed by atoms with E-state index in [1.807, 2.05) is 6.92 Å². The molecule has 0 bridgehead atoms. The van der Waals surface area contributed by atoms with Crippen LogP contribution in [-0.2, 0) is 12.8 Å². The number of aliphatic hydroxyl groups is 2. The first kappa shape index (κ1) is 15.8. The molecule has 2 N–H and O–H groups in total. The van der Waals surface area contributed by atoms with E-state index in [1.54, 1.807) is 11.0 Å². The smallest absolute Gasteiger partial charge is 0.396 e. The van der Waals surface area contributed by atoms with Crippen LogP contribution in [0.25, 0.3) is 0 Å². The van der Waals surface area contributed by atoms with Gasteiger partial charge in [-0.15, -0.1) is 0 Å².